The fourth-order valence-corrected chi connectivity index (χ4v) is 4.28. The number of nitrogens with zero attached hydrogens (tertiary/aromatic N) is 5. The number of rotatable bonds is 5. The van der Waals surface area contributed by atoms with Gasteiger partial charge in [0.15, 0.2) is 5.69 Å². The van der Waals surface area contributed by atoms with Crippen molar-refractivity contribution in [1.29, 1.82) is 0 Å². The van der Waals surface area contributed by atoms with Crippen molar-refractivity contribution in [2.75, 3.05) is 22.9 Å². The summed E-state index contributed by atoms with van der Waals surface area (Å²) in [6.45, 7) is 1.71. The second-order valence-corrected chi connectivity index (χ2v) is 7.86. The highest BCUT2D eigenvalue weighted by atomic mass is 35.5. The smallest absolute Gasteiger partial charge is 0.278 e. The summed E-state index contributed by atoms with van der Waals surface area (Å²) in [5.74, 6) is 0.158. The van der Waals surface area contributed by atoms with Crippen LogP contribution in [0.1, 0.15) is 49.0 Å². The van der Waals surface area contributed by atoms with Crippen LogP contribution in [0.3, 0.4) is 0 Å². The fraction of sp³-hybridized carbons (Fsp3) is 0.450. The van der Waals surface area contributed by atoms with Gasteiger partial charge in [-0.15, -0.1) is 0 Å². The first kappa shape index (κ1) is 19.6. The largest absolute Gasteiger partial charge is 0.341 e. The highest BCUT2D eigenvalue weighted by molar-refractivity contribution is 6.34. The third-order valence-corrected chi connectivity index (χ3v) is 5.83. The molecule has 1 saturated heterocycles. The van der Waals surface area contributed by atoms with Crippen LogP contribution in [0.5, 0.6) is 0 Å². The summed E-state index contributed by atoms with van der Waals surface area (Å²) in [5, 5.41) is 11.4. The van der Waals surface area contributed by atoms with Gasteiger partial charge in [-0.05, 0) is 31.7 Å². The van der Waals surface area contributed by atoms with Gasteiger partial charge in [0, 0.05) is 31.3 Å². The van der Waals surface area contributed by atoms with Gasteiger partial charge in [-0.3, -0.25) is 14.9 Å². The summed E-state index contributed by atoms with van der Waals surface area (Å²) in [4.78, 5) is 36.8. The molecule has 0 radical (unpaired) electrons. The monoisotopic (exact) mass is 415 g/mol. The number of hydrogen-bond donors (Lipinski definition) is 0. The van der Waals surface area contributed by atoms with Gasteiger partial charge in [-0.2, -0.15) is 0 Å². The first-order chi connectivity index (χ1) is 14.0. The van der Waals surface area contributed by atoms with Crippen LogP contribution in [0.15, 0.2) is 30.5 Å². The van der Waals surface area contributed by atoms with E-state index in [9.17, 15) is 14.9 Å². The van der Waals surface area contributed by atoms with Crippen molar-refractivity contribution in [2.24, 2.45) is 0 Å². The van der Waals surface area contributed by atoms with E-state index in [4.69, 9.17) is 11.6 Å². The molecule has 0 N–H and O–H groups in total. The molecule has 1 aliphatic heterocycles. The van der Waals surface area contributed by atoms with Crippen LogP contribution in [0.2, 0.25) is 5.02 Å². The molecule has 1 aromatic carbocycles. The van der Waals surface area contributed by atoms with E-state index < -0.39 is 4.92 Å². The number of amides is 1. The summed E-state index contributed by atoms with van der Waals surface area (Å²) in [7, 11) is 0. The molecule has 1 aliphatic carbocycles. The number of aromatic nitrogens is 2. The molecule has 0 bridgehead atoms. The third-order valence-electron chi connectivity index (χ3n) is 5.55. The molecule has 2 aromatic rings. The van der Waals surface area contributed by atoms with Gasteiger partial charge in [0.05, 0.1) is 21.8 Å². The van der Waals surface area contributed by atoms with Gasteiger partial charge in [-0.1, -0.05) is 30.5 Å². The minimum Gasteiger partial charge on any atom is -0.341 e. The Balaban J connectivity index is 1.73. The van der Waals surface area contributed by atoms with E-state index in [1.165, 1.54) is 18.3 Å². The van der Waals surface area contributed by atoms with Crippen LogP contribution in [0.25, 0.3) is 0 Å². The van der Waals surface area contributed by atoms with E-state index in [0.29, 0.717) is 11.6 Å². The minimum absolute atomic E-state index is 0.0363. The first-order valence-corrected chi connectivity index (χ1v) is 10.3. The Labute approximate surface area is 173 Å². The Kier molecular flexibility index (Phi) is 5.62. The number of nitro groups is 1. The standard InChI is InChI=1S/C20H22ClN5O3/c21-17-13-22-20(24-10-3-4-11-24)23-18(17)19(27)25(14-6-1-2-7-14)15-8-5-9-16(12-15)26(28)29/h5,8-9,12-14H,1-4,6-7,10-11H2. The molecule has 0 unspecified atom stereocenters. The SMILES string of the molecule is O=C(c1nc(N2CCCC2)ncc1Cl)N(c1cccc([N+](=O)[O-])c1)C1CCCC1. The third kappa shape index (κ3) is 4.03. The number of hydrogen-bond acceptors (Lipinski definition) is 6. The number of anilines is 2. The molecule has 0 atom stereocenters. The molecule has 1 amide bonds. The summed E-state index contributed by atoms with van der Waals surface area (Å²) in [5.41, 5.74) is 0.584. The highest BCUT2D eigenvalue weighted by Crippen LogP contribution is 2.32. The van der Waals surface area contributed by atoms with Gasteiger partial charge in [0.25, 0.3) is 11.6 Å². The first-order valence-electron chi connectivity index (χ1n) is 9.90. The summed E-state index contributed by atoms with van der Waals surface area (Å²) in [6, 6.07) is 6.14. The number of carbonyl (C=O) groups excluding carboxylic acids is 1. The summed E-state index contributed by atoms with van der Waals surface area (Å²) >= 11 is 6.32. The van der Waals surface area contributed by atoms with E-state index in [-0.39, 0.29) is 28.4 Å². The van der Waals surface area contributed by atoms with Crippen LogP contribution in [-0.4, -0.2) is 39.9 Å². The highest BCUT2D eigenvalue weighted by Gasteiger charge is 2.32. The Bertz CT molecular complexity index is 926. The van der Waals surface area contributed by atoms with Crippen LogP contribution >= 0.6 is 11.6 Å². The normalized spacial score (nSPS) is 16.9. The van der Waals surface area contributed by atoms with E-state index in [2.05, 4.69) is 9.97 Å². The summed E-state index contributed by atoms with van der Waals surface area (Å²) in [6.07, 6.45) is 7.32. The topological polar surface area (TPSA) is 92.5 Å². The lowest BCUT2D eigenvalue weighted by Gasteiger charge is -2.29. The average Bonchev–Trinajstić information content (AvgIpc) is 3.43. The fourth-order valence-electron chi connectivity index (χ4n) is 4.10. The Morgan fingerprint density at radius 2 is 1.93 bits per heavy atom. The van der Waals surface area contributed by atoms with Gasteiger partial charge in [-0.25, -0.2) is 9.97 Å². The van der Waals surface area contributed by atoms with E-state index >= 15 is 0 Å². The average molecular weight is 416 g/mol. The maximum absolute atomic E-state index is 13.6. The maximum atomic E-state index is 13.6. The quantitative estimate of drug-likeness (QED) is 0.536. The predicted octanol–water partition coefficient (Wildman–Crippen LogP) is 4.23. The number of carbonyl (C=O) groups is 1. The molecule has 1 aromatic heterocycles. The lowest BCUT2D eigenvalue weighted by molar-refractivity contribution is -0.384. The van der Waals surface area contributed by atoms with Crippen molar-refractivity contribution in [1.82, 2.24) is 9.97 Å². The Morgan fingerprint density at radius 1 is 1.21 bits per heavy atom. The zero-order chi connectivity index (χ0) is 20.4. The molecule has 2 fully saturated rings. The van der Waals surface area contributed by atoms with Crippen molar-refractivity contribution in [3.05, 3.63) is 51.3 Å². The van der Waals surface area contributed by atoms with Crippen molar-refractivity contribution in [2.45, 2.75) is 44.6 Å². The lowest BCUT2D eigenvalue weighted by atomic mass is 10.1. The molecule has 152 valence electrons. The second-order valence-electron chi connectivity index (χ2n) is 7.45. The molecule has 2 heterocycles. The molecule has 0 spiro atoms. The van der Waals surface area contributed by atoms with Crippen LogP contribution in [-0.2, 0) is 0 Å². The van der Waals surface area contributed by atoms with Crippen molar-refractivity contribution in [3.63, 3.8) is 0 Å². The molecule has 8 nitrogen and oxygen atoms in total. The maximum Gasteiger partial charge on any atom is 0.278 e. The summed E-state index contributed by atoms with van der Waals surface area (Å²) < 4.78 is 0. The van der Waals surface area contributed by atoms with Gasteiger partial charge >= 0.3 is 0 Å². The van der Waals surface area contributed by atoms with E-state index in [1.807, 2.05) is 4.90 Å². The van der Waals surface area contributed by atoms with Crippen molar-refractivity contribution >= 4 is 34.8 Å². The second kappa shape index (κ2) is 8.32. The van der Waals surface area contributed by atoms with Crippen LogP contribution in [0.4, 0.5) is 17.3 Å². The van der Waals surface area contributed by atoms with Crippen LogP contribution in [0, 0.1) is 10.1 Å². The molecule has 9 heteroatoms. The lowest BCUT2D eigenvalue weighted by Crippen LogP contribution is -2.40. The zero-order valence-electron chi connectivity index (χ0n) is 16.0. The van der Waals surface area contributed by atoms with Gasteiger partial charge in [0.1, 0.15) is 0 Å². The minimum atomic E-state index is -0.454. The number of nitro benzene ring substituents is 1. The van der Waals surface area contributed by atoms with Crippen molar-refractivity contribution < 1.29 is 9.72 Å². The predicted molar refractivity (Wildman–Crippen MR) is 111 cm³/mol. The molecular weight excluding hydrogens is 394 g/mol. The Hall–Kier alpha value is -2.74. The van der Waals surface area contributed by atoms with E-state index in [0.717, 1.165) is 51.6 Å². The van der Waals surface area contributed by atoms with Crippen molar-refractivity contribution in [3.8, 4) is 0 Å². The molecule has 29 heavy (non-hydrogen) atoms. The zero-order valence-corrected chi connectivity index (χ0v) is 16.7. The number of halogens is 1. The number of benzene rings is 1. The molecule has 2 aliphatic rings. The number of non-ortho nitro benzene ring substituents is 1. The van der Waals surface area contributed by atoms with E-state index in [1.54, 1.807) is 17.0 Å². The molecular formula is C20H22ClN5O3. The molecule has 1 saturated carbocycles. The van der Waals surface area contributed by atoms with Gasteiger partial charge < -0.3 is 9.80 Å². The van der Waals surface area contributed by atoms with Gasteiger partial charge in [0.2, 0.25) is 5.95 Å². The van der Waals surface area contributed by atoms with Crippen LogP contribution < -0.4 is 9.80 Å². The Morgan fingerprint density at radius 3 is 2.62 bits per heavy atom. The molecule has 4 rings (SSSR count).